The first kappa shape index (κ1) is 265. The molecule has 120 valence electrons. The van der Waals surface area contributed by atoms with E-state index in [4.69, 9.17) is 0 Å². The maximum atomic E-state index is 0. The van der Waals surface area contributed by atoms with Crippen LogP contribution in [-0.2, 0) is 445 Å². The van der Waals surface area contributed by atoms with E-state index in [1.165, 1.54) is 0 Å². The molecule has 0 aromatic heterocycles. The summed E-state index contributed by atoms with van der Waals surface area (Å²) in [5.41, 5.74) is 0. The molecule has 0 atom stereocenters. The maximum Gasteiger partial charge on any atom is 0 e. The summed E-state index contributed by atoms with van der Waals surface area (Å²) < 4.78 is 0. The molecule has 0 aromatic carbocycles. The van der Waals surface area contributed by atoms with Crippen molar-refractivity contribution >= 4 is 0 Å². The molecule has 0 aliphatic rings. The average Bonchev–Trinajstić information content (AvgIpc) is 0. The van der Waals surface area contributed by atoms with E-state index < -0.39 is 0 Å². The van der Waals surface area contributed by atoms with Crippen LogP contribution in [0.4, 0.5) is 0 Å². The zero-order chi connectivity index (χ0) is 0. The third-order valence-electron chi connectivity index (χ3n) is 0. The van der Waals surface area contributed by atoms with Gasteiger partial charge in [-0.05, 0) is 0 Å². The van der Waals surface area contributed by atoms with Gasteiger partial charge in [-0.1, -0.05) is 0 Å². The molecule has 0 nitrogen and oxygen atoms in total. The minimum absolute atomic E-state index is 0. The van der Waals surface area contributed by atoms with Gasteiger partial charge >= 0.3 is 0 Å². The third kappa shape index (κ3) is 225. The van der Waals surface area contributed by atoms with Gasteiger partial charge in [0.1, 0.15) is 0 Å². The van der Waals surface area contributed by atoms with E-state index in [1.54, 1.807) is 0 Å². The van der Waals surface area contributed by atoms with Crippen molar-refractivity contribution in [2.24, 2.45) is 0 Å². The van der Waals surface area contributed by atoms with Crippen molar-refractivity contribution in [3.8, 4) is 0 Å². The van der Waals surface area contributed by atoms with Gasteiger partial charge in [0.25, 0.3) is 0 Å². The monoisotopic (exact) mass is 1220 g/mol. The minimum Gasteiger partial charge on any atom is 0 e. The second kappa shape index (κ2) is 244. The second-order valence-corrected chi connectivity index (χ2v) is 0. The summed E-state index contributed by atoms with van der Waals surface area (Å²) in [7, 11) is 0. The molecule has 0 rings (SSSR count). The Morgan fingerprint density at radius 2 is 0.0417 bits per heavy atom. The molecule has 0 unspecified atom stereocenters. The van der Waals surface area contributed by atoms with E-state index in [-0.39, 0.29) is 445 Å². The molecule has 0 saturated heterocycles. The van der Waals surface area contributed by atoms with Crippen LogP contribution in [0.15, 0.2) is 0 Å². The largest absolute Gasteiger partial charge is 0 e. The molecule has 0 N–H and O–H groups in total. The zero-order valence-corrected chi connectivity index (χ0v) is 44.3. The molecule has 0 heterocycles. The fourth-order valence-corrected chi connectivity index (χ4v) is 0. The molecule has 24 radical (unpaired) electrons. The molecule has 24 heteroatoms. The number of hydrogen-bond donors (Lipinski definition) is 0. The van der Waals surface area contributed by atoms with Crippen LogP contribution in [0, 0.1) is 0 Å². The molecular formula is V24. The van der Waals surface area contributed by atoms with Gasteiger partial charge in [0.05, 0.1) is 0 Å². The Kier molecular flexibility index (Phi) is 2700. The Bertz CT molecular complexity index is 0. The first-order valence-electron chi connectivity index (χ1n) is 0. The molecule has 0 bridgehead atoms. The van der Waals surface area contributed by atoms with Gasteiger partial charge < -0.3 is 0 Å². The number of rotatable bonds is 0. The van der Waals surface area contributed by atoms with Crippen LogP contribution in [0.5, 0.6) is 0 Å². The standard InChI is InChI=1S/24V. The molecule has 0 aromatic rings. The van der Waals surface area contributed by atoms with Crippen LogP contribution in [0.1, 0.15) is 0 Å². The normalized spacial score (nSPS) is 0. The van der Waals surface area contributed by atoms with Gasteiger partial charge in [-0.2, -0.15) is 0 Å². The Hall–Kier alpha value is 14.0. The third-order valence-corrected chi connectivity index (χ3v) is 0. The summed E-state index contributed by atoms with van der Waals surface area (Å²) in [6.45, 7) is 0. The van der Waals surface area contributed by atoms with Crippen molar-refractivity contribution in [3.63, 3.8) is 0 Å². The van der Waals surface area contributed by atoms with Crippen molar-refractivity contribution in [3.05, 3.63) is 0 Å². The van der Waals surface area contributed by atoms with E-state index in [0.29, 0.717) is 0 Å². The molecule has 0 aliphatic carbocycles. The fraction of sp³-hybridized carbons (Fsp3) is 0. The van der Waals surface area contributed by atoms with Gasteiger partial charge in [-0.3, -0.25) is 0 Å². The van der Waals surface area contributed by atoms with E-state index >= 15 is 0 Å². The van der Waals surface area contributed by atoms with Crippen LogP contribution in [0.3, 0.4) is 0 Å². The molecule has 0 fully saturated rings. The van der Waals surface area contributed by atoms with E-state index in [1.807, 2.05) is 0 Å². The Morgan fingerprint density at radius 1 is 0.0417 bits per heavy atom. The molecule has 0 aliphatic heterocycles. The molecule has 24 heavy (non-hydrogen) atoms. The van der Waals surface area contributed by atoms with Crippen LogP contribution in [-0.4, -0.2) is 0 Å². The van der Waals surface area contributed by atoms with Gasteiger partial charge in [-0.25, -0.2) is 0 Å². The van der Waals surface area contributed by atoms with Crippen LogP contribution < -0.4 is 0 Å². The first-order chi connectivity index (χ1) is 0. The van der Waals surface area contributed by atoms with E-state index in [9.17, 15) is 0 Å². The molecular weight excluding hydrogens is 1220 g/mol. The van der Waals surface area contributed by atoms with E-state index in [2.05, 4.69) is 0 Å². The average molecular weight is 1220 g/mol. The quantitative estimate of drug-likeness (QED) is 0.320. The van der Waals surface area contributed by atoms with Gasteiger partial charge in [0, 0.05) is 445 Å². The summed E-state index contributed by atoms with van der Waals surface area (Å²) in [6, 6.07) is 0. The van der Waals surface area contributed by atoms with Gasteiger partial charge in [0.2, 0.25) is 0 Å². The first-order valence-corrected chi connectivity index (χ1v) is 0. The van der Waals surface area contributed by atoms with Crippen molar-refractivity contribution in [2.45, 2.75) is 0 Å². The summed E-state index contributed by atoms with van der Waals surface area (Å²) in [5, 5.41) is 0. The van der Waals surface area contributed by atoms with Crippen molar-refractivity contribution < 1.29 is 445 Å². The molecule has 0 saturated carbocycles. The van der Waals surface area contributed by atoms with Crippen LogP contribution in [0.25, 0.3) is 0 Å². The second-order valence-electron chi connectivity index (χ2n) is 0. The van der Waals surface area contributed by atoms with Crippen molar-refractivity contribution in [2.75, 3.05) is 0 Å². The van der Waals surface area contributed by atoms with Gasteiger partial charge in [-0.15, -0.1) is 0 Å². The van der Waals surface area contributed by atoms with Gasteiger partial charge in [0.15, 0.2) is 0 Å². The van der Waals surface area contributed by atoms with Crippen molar-refractivity contribution in [1.82, 2.24) is 0 Å². The summed E-state index contributed by atoms with van der Waals surface area (Å²) in [5.74, 6) is 0. The smallest absolute Gasteiger partial charge is 0 e. The predicted octanol–water partition coefficient (Wildman–Crippen LogP) is -0.0600. The Balaban J connectivity index is 0. The predicted molar refractivity (Wildman–Crippen MR) is 0 cm³/mol. The maximum absolute atomic E-state index is 0. The fourth-order valence-electron chi connectivity index (χ4n) is 0. The van der Waals surface area contributed by atoms with E-state index in [0.717, 1.165) is 0 Å². The Morgan fingerprint density at radius 3 is 0.0417 bits per heavy atom. The molecule has 0 amide bonds. The zero-order valence-electron chi connectivity index (χ0n) is 10.7. The summed E-state index contributed by atoms with van der Waals surface area (Å²) in [4.78, 5) is 0. The number of hydrogen-bond acceptors (Lipinski definition) is 0. The summed E-state index contributed by atoms with van der Waals surface area (Å²) >= 11 is 0. The SMILES string of the molecule is [V].[V].[V].[V].[V].[V].[V].[V].[V].[V].[V].[V].[V].[V].[V].[V].[V].[V].[V].[V].[V].[V].[V].[V]. The summed E-state index contributed by atoms with van der Waals surface area (Å²) in [6.07, 6.45) is 0. The van der Waals surface area contributed by atoms with Crippen LogP contribution >= 0.6 is 0 Å². The van der Waals surface area contributed by atoms with Crippen molar-refractivity contribution in [1.29, 1.82) is 0 Å². The van der Waals surface area contributed by atoms with Crippen LogP contribution in [0.2, 0.25) is 0 Å². The topological polar surface area (TPSA) is 0 Å². The molecule has 0 spiro atoms. The Labute approximate surface area is 434 Å². The minimum atomic E-state index is 0.